The maximum absolute atomic E-state index is 13.0. The van der Waals surface area contributed by atoms with E-state index in [2.05, 4.69) is 10.6 Å². The predicted molar refractivity (Wildman–Crippen MR) is 117 cm³/mol. The van der Waals surface area contributed by atoms with Gasteiger partial charge >= 0.3 is 0 Å². The average molecular weight is 408 g/mol. The van der Waals surface area contributed by atoms with Gasteiger partial charge in [-0.3, -0.25) is 9.59 Å². The molecule has 0 radical (unpaired) electrons. The molecule has 0 fully saturated rings. The summed E-state index contributed by atoms with van der Waals surface area (Å²) >= 11 is 0. The van der Waals surface area contributed by atoms with Gasteiger partial charge in [0.2, 0.25) is 0 Å². The Morgan fingerprint density at radius 1 is 1.00 bits per heavy atom. The third-order valence-corrected chi connectivity index (χ3v) is 5.30. The molecular formula is C24H27FN3O2+. The molecule has 0 heterocycles. The van der Waals surface area contributed by atoms with Crippen molar-refractivity contribution < 1.29 is 18.9 Å². The van der Waals surface area contributed by atoms with Crippen LogP contribution in [0.1, 0.15) is 19.4 Å². The number of rotatable bonds is 8. The maximum atomic E-state index is 13.0. The van der Waals surface area contributed by atoms with Gasteiger partial charge in [0.25, 0.3) is 11.8 Å². The monoisotopic (exact) mass is 408 g/mol. The van der Waals surface area contributed by atoms with Gasteiger partial charge in [-0.25, -0.2) is 4.39 Å². The number of carbonyl (C=O) groups is 2. The van der Waals surface area contributed by atoms with Crippen molar-refractivity contribution in [3.8, 4) is 0 Å². The van der Waals surface area contributed by atoms with Crippen LogP contribution in [-0.2, 0) is 16.1 Å². The van der Waals surface area contributed by atoms with Crippen LogP contribution >= 0.6 is 0 Å². The molecule has 3 aromatic carbocycles. The summed E-state index contributed by atoms with van der Waals surface area (Å²) in [5, 5.41) is 7.89. The van der Waals surface area contributed by atoms with Crippen LogP contribution in [0.3, 0.4) is 0 Å². The number of halogens is 1. The molecule has 156 valence electrons. The molecule has 2 atom stereocenters. The van der Waals surface area contributed by atoms with Crippen molar-refractivity contribution in [3.05, 3.63) is 78.1 Å². The zero-order valence-electron chi connectivity index (χ0n) is 17.2. The smallest absolute Gasteiger partial charge is 0.282 e. The summed E-state index contributed by atoms with van der Waals surface area (Å²) in [7, 11) is 0. The second-order valence-corrected chi connectivity index (χ2v) is 7.33. The molecule has 0 bridgehead atoms. The molecular weight excluding hydrogens is 381 g/mol. The number of fused-ring (bicyclic) bond motifs is 1. The van der Waals surface area contributed by atoms with Gasteiger partial charge in [0.15, 0.2) is 12.6 Å². The summed E-state index contributed by atoms with van der Waals surface area (Å²) in [6, 6.07) is 19.3. The number of anilines is 1. The van der Waals surface area contributed by atoms with E-state index in [-0.39, 0.29) is 24.2 Å². The molecule has 2 amide bonds. The standard InChI is InChI=1S/C24H26FN3O2/c1-3-28(16-23(29)26-15-18-11-13-20(25)14-12-18)17(2)24(30)27-22-10-6-8-19-7-4-5-9-21(19)22/h4-14,17H,3,15-16H2,1-2H3,(H,26,29)(H,27,30)/p+1/t17-/m1/s1. The van der Waals surface area contributed by atoms with E-state index in [1.165, 1.54) is 12.1 Å². The fourth-order valence-electron chi connectivity index (χ4n) is 3.42. The van der Waals surface area contributed by atoms with Crippen LogP contribution in [0.5, 0.6) is 0 Å². The molecule has 30 heavy (non-hydrogen) atoms. The van der Waals surface area contributed by atoms with Crippen molar-refractivity contribution in [2.45, 2.75) is 26.4 Å². The Morgan fingerprint density at radius 3 is 2.43 bits per heavy atom. The van der Waals surface area contributed by atoms with Gasteiger partial charge in [-0.2, -0.15) is 0 Å². The van der Waals surface area contributed by atoms with Crippen LogP contribution in [0.4, 0.5) is 10.1 Å². The molecule has 0 aliphatic rings. The SMILES string of the molecule is CC[NH+](CC(=O)NCc1ccc(F)cc1)[C@H](C)C(=O)Nc1cccc2ccccc12. The van der Waals surface area contributed by atoms with Crippen molar-refractivity contribution in [1.82, 2.24) is 5.32 Å². The van der Waals surface area contributed by atoms with Crippen molar-refractivity contribution in [3.63, 3.8) is 0 Å². The topological polar surface area (TPSA) is 62.6 Å². The number of quaternary nitrogens is 1. The Hall–Kier alpha value is -3.25. The number of hydrogen-bond donors (Lipinski definition) is 3. The first-order valence-corrected chi connectivity index (χ1v) is 10.1. The van der Waals surface area contributed by atoms with Crippen molar-refractivity contribution >= 4 is 28.3 Å². The molecule has 3 N–H and O–H groups in total. The minimum Gasteiger partial charge on any atom is -0.347 e. The molecule has 0 spiro atoms. The zero-order valence-corrected chi connectivity index (χ0v) is 17.2. The lowest BCUT2D eigenvalue weighted by atomic mass is 10.1. The maximum Gasteiger partial charge on any atom is 0.282 e. The molecule has 0 saturated carbocycles. The number of hydrogen-bond acceptors (Lipinski definition) is 2. The number of carbonyl (C=O) groups excluding carboxylic acids is 2. The van der Waals surface area contributed by atoms with Gasteiger partial charge in [-0.15, -0.1) is 0 Å². The molecule has 6 heteroatoms. The van der Waals surface area contributed by atoms with E-state index in [1.54, 1.807) is 12.1 Å². The van der Waals surface area contributed by atoms with Crippen molar-refractivity contribution in [2.75, 3.05) is 18.4 Å². The second kappa shape index (κ2) is 9.98. The van der Waals surface area contributed by atoms with E-state index in [0.29, 0.717) is 13.1 Å². The number of benzene rings is 3. The molecule has 0 aliphatic carbocycles. The Balaban J connectivity index is 1.58. The predicted octanol–water partition coefficient (Wildman–Crippen LogP) is 2.53. The molecule has 1 unspecified atom stereocenters. The van der Waals surface area contributed by atoms with E-state index in [4.69, 9.17) is 0 Å². The normalized spacial score (nSPS) is 12.9. The van der Waals surface area contributed by atoms with Crippen LogP contribution in [-0.4, -0.2) is 30.9 Å². The average Bonchev–Trinajstić information content (AvgIpc) is 2.77. The lowest BCUT2D eigenvalue weighted by molar-refractivity contribution is -0.904. The Labute approximate surface area is 175 Å². The van der Waals surface area contributed by atoms with Crippen LogP contribution in [0.15, 0.2) is 66.7 Å². The first-order valence-electron chi connectivity index (χ1n) is 10.1. The first kappa shape index (κ1) is 21.5. The number of amides is 2. The summed E-state index contributed by atoms with van der Waals surface area (Å²) in [4.78, 5) is 26.1. The first-order chi connectivity index (χ1) is 14.5. The van der Waals surface area contributed by atoms with E-state index in [9.17, 15) is 14.0 Å². The van der Waals surface area contributed by atoms with Crippen LogP contribution in [0.2, 0.25) is 0 Å². The van der Waals surface area contributed by atoms with Crippen molar-refractivity contribution in [2.24, 2.45) is 0 Å². The third-order valence-electron chi connectivity index (χ3n) is 5.30. The number of likely N-dealkylation sites (N-methyl/N-ethyl adjacent to an activating group) is 1. The van der Waals surface area contributed by atoms with Gasteiger partial charge in [-0.1, -0.05) is 48.5 Å². The molecule has 3 rings (SSSR count). The van der Waals surface area contributed by atoms with Crippen molar-refractivity contribution in [1.29, 1.82) is 0 Å². The van der Waals surface area contributed by atoms with E-state index >= 15 is 0 Å². The van der Waals surface area contributed by atoms with Crippen LogP contribution in [0.25, 0.3) is 10.8 Å². The number of nitrogens with one attached hydrogen (secondary N) is 3. The zero-order chi connectivity index (χ0) is 21.5. The van der Waals surface area contributed by atoms with Gasteiger partial charge in [-0.05, 0) is 43.0 Å². The molecule has 3 aromatic rings. The summed E-state index contributed by atoms with van der Waals surface area (Å²) in [6.45, 7) is 4.92. The quantitative estimate of drug-likeness (QED) is 0.536. The summed E-state index contributed by atoms with van der Waals surface area (Å²) < 4.78 is 13.0. The molecule has 0 saturated heterocycles. The minimum absolute atomic E-state index is 0.130. The van der Waals surface area contributed by atoms with Gasteiger partial charge in [0.1, 0.15) is 5.82 Å². The van der Waals surface area contributed by atoms with Gasteiger partial charge < -0.3 is 15.5 Å². The van der Waals surface area contributed by atoms with Crippen LogP contribution in [0, 0.1) is 5.82 Å². The fraction of sp³-hybridized carbons (Fsp3) is 0.250. The Morgan fingerprint density at radius 2 is 1.70 bits per heavy atom. The highest BCUT2D eigenvalue weighted by Crippen LogP contribution is 2.22. The third kappa shape index (κ3) is 5.42. The second-order valence-electron chi connectivity index (χ2n) is 7.33. The summed E-state index contributed by atoms with van der Waals surface area (Å²) in [5.74, 6) is -0.590. The summed E-state index contributed by atoms with van der Waals surface area (Å²) in [5.41, 5.74) is 1.59. The van der Waals surface area contributed by atoms with E-state index < -0.39 is 6.04 Å². The minimum atomic E-state index is -0.398. The molecule has 5 nitrogen and oxygen atoms in total. The molecule has 0 aromatic heterocycles. The largest absolute Gasteiger partial charge is 0.347 e. The van der Waals surface area contributed by atoms with Gasteiger partial charge in [0.05, 0.1) is 6.54 Å². The Bertz CT molecular complexity index is 1020. The van der Waals surface area contributed by atoms with E-state index in [0.717, 1.165) is 26.9 Å². The van der Waals surface area contributed by atoms with Crippen LogP contribution < -0.4 is 15.5 Å². The summed E-state index contributed by atoms with van der Waals surface area (Å²) in [6.07, 6.45) is 0. The van der Waals surface area contributed by atoms with Gasteiger partial charge in [0, 0.05) is 17.6 Å². The highest BCUT2D eigenvalue weighted by molar-refractivity contribution is 6.03. The lowest BCUT2D eigenvalue weighted by Crippen LogP contribution is -3.17. The lowest BCUT2D eigenvalue weighted by Gasteiger charge is -2.23. The molecule has 0 aliphatic heterocycles. The fourth-order valence-corrected chi connectivity index (χ4v) is 3.42. The Kier molecular flexibility index (Phi) is 7.14. The highest BCUT2D eigenvalue weighted by atomic mass is 19.1. The highest BCUT2D eigenvalue weighted by Gasteiger charge is 2.26. The van der Waals surface area contributed by atoms with E-state index in [1.807, 2.05) is 56.3 Å².